The largest absolute Gasteiger partial charge is 0.418 e. The first-order valence-electron chi connectivity index (χ1n) is 10.3. The molecule has 3 rings (SSSR count). The van der Waals surface area contributed by atoms with Crippen LogP contribution < -0.4 is 10.6 Å². The maximum Gasteiger partial charge on any atom is 0.418 e. The predicted molar refractivity (Wildman–Crippen MR) is 114 cm³/mol. The molecule has 1 atom stereocenters. The van der Waals surface area contributed by atoms with Crippen LogP contribution in [0.3, 0.4) is 0 Å². The number of carbonyl (C=O) groups is 1. The van der Waals surface area contributed by atoms with Crippen molar-refractivity contribution in [3.63, 3.8) is 0 Å². The molecule has 1 unspecified atom stereocenters. The van der Waals surface area contributed by atoms with Gasteiger partial charge in [0.15, 0.2) is 0 Å². The number of hydrogen-bond acceptors (Lipinski definition) is 2. The second-order valence-corrected chi connectivity index (χ2v) is 7.48. The number of aryl methyl sites for hydroxylation is 1. The SMILES string of the molecule is O=C(NCCCc1ccccc1)NC(c1ccc(C(F)(F)F)cc1)c1ncccc1C(F)(F)F. The van der Waals surface area contributed by atoms with E-state index < -0.39 is 41.2 Å². The molecule has 3 aromatic rings. The molecule has 2 amide bonds. The minimum Gasteiger partial charge on any atom is -0.338 e. The number of nitrogens with zero attached hydrogens (tertiary/aromatic N) is 1. The fourth-order valence-electron chi connectivity index (χ4n) is 3.38. The van der Waals surface area contributed by atoms with E-state index in [1.165, 1.54) is 0 Å². The lowest BCUT2D eigenvalue weighted by atomic mass is 9.98. The lowest BCUT2D eigenvalue weighted by Crippen LogP contribution is -2.39. The molecule has 10 heteroatoms. The molecule has 0 fully saturated rings. The van der Waals surface area contributed by atoms with Crippen LogP contribution >= 0.6 is 0 Å². The molecule has 0 bridgehead atoms. The highest BCUT2D eigenvalue weighted by Crippen LogP contribution is 2.36. The van der Waals surface area contributed by atoms with Crippen molar-refractivity contribution >= 4 is 6.03 Å². The molecule has 1 heterocycles. The number of amides is 2. The lowest BCUT2D eigenvalue weighted by molar-refractivity contribution is -0.139. The summed E-state index contributed by atoms with van der Waals surface area (Å²) in [6.07, 6.45) is -7.00. The average molecular weight is 481 g/mol. The Morgan fingerprint density at radius 2 is 1.53 bits per heavy atom. The molecule has 0 aliphatic carbocycles. The minimum absolute atomic E-state index is 0.0247. The van der Waals surface area contributed by atoms with E-state index in [0.717, 1.165) is 48.2 Å². The number of pyridine rings is 1. The molecule has 0 saturated carbocycles. The highest BCUT2D eigenvalue weighted by molar-refractivity contribution is 5.75. The van der Waals surface area contributed by atoms with Crippen molar-refractivity contribution in [1.82, 2.24) is 15.6 Å². The molecule has 0 spiro atoms. The van der Waals surface area contributed by atoms with Gasteiger partial charge in [0, 0.05) is 12.7 Å². The van der Waals surface area contributed by atoms with Gasteiger partial charge in [-0.25, -0.2) is 4.79 Å². The second-order valence-electron chi connectivity index (χ2n) is 7.48. The van der Waals surface area contributed by atoms with Crippen molar-refractivity contribution in [1.29, 1.82) is 0 Å². The van der Waals surface area contributed by atoms with E-state index in [-0.39, 0.29) is 12.1 Å². The first kappa shape index (κ1) is 25.1. The van der Waals surface area contributed by atoms with Crippen LogP contribution in [0, 0.1) is 0 Å². The van der Waals surface area contributed by atoms with E-state index in [2.05, 4.69) is 15.6 Å². The molecule has 2 aromatic carbocycles. The third kappa shape index (κ3) is 6.72. The van der Waals surface area contributed by atoms with Gasteiger partial charge >= 0.3 is 18.4 Å². The Bertz CT molecular complexity index is 1080. The van der Waals surface area contributed by atoms with Gasteiger partial charge in [0.2, 0.25) is 0 Å². The Morgan fingerprint density at radius 3 is 2.15 bits per heavy atom. The zero-order valence-electron chi connectivity index (χ0n) is 17.8. The maximum absolute atomic E-state index is 13.6. The van der Waals surface area contributed by atoms with E-state index in [0.29, 0.717) is 12.8 Å². The molecule has 180 valence electrons. The van der Waals surface area contributed by atoms with Crippen molar-refractivity contribution in [3.05, 3.63) is 101 Å². The van der Waals surface area contributed by atoms with Crippen molar-refractivity contribution < 1.29 is 31.1 Å². The first-order valence-corrected chi connectivity index (χ1v) is 10.3. The summed E-state index contributed by atoms with van der Waals surface area (Å²) >= 11 is 0. The Hall–Kier alpha value is -3.56. The quantitative estimate of drug-likeness (QED) is 0.315. The summed E-state index contributed by atoms with van der Waals surface area (Å²) in [6.45, 7) is 0.245. The zero-order chi connectivity index (χ0) is 24.8. The molecule has 1 aromatic heterocycles. The highest BCUT2D eigenvalue weighted by atomic mass is 19.4. The number of urea groups is 1. The Kier molecular flexibility index (Phi) is 7.80. The van der Waals surface area contributed by atoms with Crippen LogP contribution in [0.1, 0.15) is 40.4 Å². The van der Waals surface area contributed by atoms with E-state index in [1.807, 2.05) is 30.3 Å². The topological polar surface area (TPSA) is 54.0 Å². The van der Waals surface area contributed by atoms with Gasteiger partial charge in [-0.2, -0.15) is 26.3 Å². The molecule has 0 saturated heterocycles. The Balaban J connectivity index is 1.79. The fourth-order valence-corrected chi connectivity index (χ4v) is 3.38. The Morgan fingerprint density at radius 1 is 0.853 bits per heavy atom. The molecular formula is C24H21F6N3O. The minimum atomic E-state index is -4.78. The predicted octanol–water partition coefficient (Wildman–Crippen LogP) is 6.14. The number of benzene rings is 2. The molecule has 2 N–H and O–H groups in total. The number of aromatic nitrogens is 1. The summed E-state index contributed by atoms with van der Waals surface area (Å²) in [5.41, 5.74) is -1.48. The van der Waals surface area contributed by atoms with Gasteiger partial charge < -0.3 is 10.6 Å². The summed E-state index contributed by atoms with van der Waals surface area (Å²) in [7, 11) is 0. The number of rotatable bonds is 7. The maximum atomic E-state index is 13.6. The molecule has 0 aliphatic rings. The van der Waals surface area contributed by atoms with Gasteiger partial charge in [-0.15, -0.1) is 0 Å². The summed E-state index contributed by atoms with van der Waals surface area (Å²) in [4.78, 5) is 16.3. The number of halogens is 6. The fraction of sp³-hybridized carbons (Fsp3) is 0.250. The molecular weight excluding hydrogens is 460 g/mol. The third-order valence-corrected chi connectivity index (χ3v) is 5.03. The first-order chi connectivity index (χ1) is 16.1. The van der Waals surface area contributed by atoms with Crippen LogP contribution in [0.4, 0.5) is 31.1 Å². The van der Waals surface area contributed by atoms with Crippen LogP contribution in [0.15, 0.2) is 72.9 Å². The number of alkyl halides is 6. The summed E-state index contributed by atoms with van der Waals surface area (Å²) in [5.74, 6) is 0. The molecule has 0 aliphatic heterocycles. The summed E-state index contributed by atoms with van der Waals surface area (Å²) in [5, 5.41) is 5.00. The average Bonchev–Trinajstić information content (AvgIpc) is 2.80. The van der Waals surface area contributed by atoms with Crippen LogP contribution in [-0.4, -0.2) is 17.6 Å². The normalized spacial score (nSPS) is 12.8. The van der Waals surface area contributed by atoms with Crippen LogP contribution in [0.25, 0.3) is 0 Å². The van der Waals surface area contributed by atoms with Gasteiger partial charge in [-0.1, -0.05) is 42.5 Å². The van der Waals surface area contributed by atoms with Crippen LogP contribution in [0.5, 0.6) is 0 Å². The van der Waals surface area contributed by atoms with Gasteiger partial charge in [-0.05, 0) is 48.2 Å². The van der Waals surface area contributed by atoms with Crippen molar-refractivity contribution in [3.8, 4) is 0 Å². The molecule has 34 heavy (non-hydrogen) atoms. The summed E-state index contributed by atoms with van der Waals surface area (Å²) in [6, 6.07) is 12.8. The second kappa shape index (κ2) is 10.6. The van der Waals surface area contributed by atoms with Gasteiger partial charge in [-0.3, -0.25) is 4.98 Å². The molecule has 4 nitrogen and oxygen atoms in total. The van der Waals surface area contributed by atoms with E-state index >= 15 is 0 Å². The van der Waals surface area contributed by atoms with Crippen molar-refractivity contribution in [2.45, 2.75) is 31.2 Å². The van der Waals surface area contributed by atoms with Crippen LogP contribution in [0.2, 0.25) is 0 Å². The number of carbonyl (C=O) groups excluding carboxylic acids is 1. The van der Waals surface area contributed by atoms with Crippen LogP contribution in [-0.2, 0) is 18.8 Å². The van der Waals surface area contributed by atoms with E-state index in [9.17, 15) is 31.1 Å². The highest BCUT2D eigenvalue weighted by Gasteiger charge is 2.37. The lowest BCUT2D eigenvalue weighted by Gasteiger charge is -2.23. The third-order valence-electron chi connectivity index (χ3n) is 5.03. The van der Waals surface area contributed by atoms with Gasteiger partial charge in [0.25, 0.3) is 0 Å². The van der Waals surface area contributed by atoms with E-state index in [4.69, 9.17) is 0 Å². The Labute approximate surface area is 192 Å². The zero-order valence-corrected chi connectivity index (χ0v) is 17.8. The van der Waals surface area contributed by atoms with Gasteiger partial charge in [0.1, 0.15) is 0 Å². The smallest absolute Gasteiger partial charge is 0.338 e. The van der Waals surface area contributed by atoms with Crippen molar-refractivity contribution in [2.24, 2.45) is 0 Å². The summed E-state index contributed by atoms with van der Waals surface area (Å²) < 4.78 is 79.5. The van der Waals surface area contributed by atoms with E-state index in [1.54, 1.807) is 0 Å². The molecule has 0 radical (unpaired) electrons. The van der Waals surface area contributed by atoms with Crippen molar-refractivity contribution in [2.75, 3.05) is 6.54 Å². The standard InChI is InChI=1S/C24H21F6N3O/c25-23(26,27)18-12-10-17(11-13-18)20(21-19(24(28,29)30)9-5-14-31-21)33-22(34)32-15-4-8-16-6-2-1-3-7-16/h1-3,5-7,9-14,20H,4,8,15H2,(H2,32,33,34). The van der Waals surface area contributed by atoms with Gasteiger partial charge in [0.05, 0.1) is 22.9 Å². The number of nitrogens with one attached hydrogen (secondary N) is 2. The number of hydrogen-bond donors (Lipinski definition) is 2. The monoisotopic (exact) mass is 481 g/mol.